The number of likely N-dealkylation sites (tertiary alicyclic amines) is 1. The highest BCUT2D eigenvalue weighted by molar-refractivity contribution is 5.92. The summed E-state index contributed by atoms with van der Waals surface area (Å²) in [5.41, 5.74) is 0.113. The fourth-order valence-corrected chi connectivity index (χ4v) is 3.75. The minimum absolute atomic E-state index is 0.173. The molecule has 1 atom stereocenters. The summed E-state index contributed by atoms with van der Waals surface area (Å²) >= 11 is 0. The van der Waals surface area contributed by atoms with E-state index in [9.17, 15) is 9.59 Å². The number of nitrogens with zero attached hydrogens (tertiary/aromatic N) is 1. The molecule has 1 amide bonds. The first-order valence-corrected chi connectivity index (χ1v) is 8.46. The van der Waals surface area contributed by atoms with Gasteiger partial charge in [0.1, 0.15) is 5.69 Å². The van der Waals surface area contributed by atoms with E-state index in [1.165, 1.54) is 38.2 Å². The van der Waals surface area contributed by atoms with Gasteiger partial charge in [0.25, 0.3) is 5.91 Å². The molecule has 120 valence electrons. The summed E-state index contributed by atoms with van der Waals surface area (Å²) in [7, 11) is 0. The van der Waals surface area contributed by atoms with Crippen LogP contribution in [0.3, 0.4) is 0 Å². The lowest BCUT2D eigenvalue weighted by atomic mass is 9.92. The van der Waals surface area contributed by atoms with Gasteiger partial charge in [0.2, 0.25) is 5.56 Å². The van der Waals surface area contributed by atoms with Gasteiger partial charge in [0, 0.05) is 24.7 Å². The number of carbonyl (C=O) groups excluding carboxylic acids is 1. The van der Waals surface area contributed by atoms with Crippen LogP contribution in [0.25, 0.3) is 0 Å². The van der Waals surface area contributed by atoms with Crippen LogP contribution in [-0.4, -0.2) is 41.0 Å². The van der Waals surface area contributed by atoms with Gasteiger partial charge in [-0.1, -0.05) is 25.3 Å². The van der Waals surface area contributed by atoms with Crippen LogP contribution in [0.1, 0.15) is 55.4 Å². The first-order chi connectivity index (χ1) is 10.7. The standard InChI is InChI=1S/C17H25N3O2/c21-16-10-4-9-15(19-16)17(22)18-13-6-5-11-20(12-13)14-7-2-1-3-8-14/h4,9-10,13-14H,1-3,5-8,11-12H2,(H,18,22)(H,19,21)/t13-/m0/s1. The Bertz CT molecular complexity index is 563. The van der Waals surface area contributed by atoms with Crippen molar-refractivity contribution >= 4 is 5.91 Å². The van der Waals surface area contributed by atoms with Gasteiger partial charge in [0.05, 0.1) is 0 Å². The Morgan fingerprint density at radius 1 is 1.14 bits per heavy atom. The highest BCUT2D eigenvalue weighted by Gasteiger charge is 2.27. The Morgan fingerprint density at radius 3 is 2.73 bits per heavy atom. The lowest BCUT2D eigenvalue weighted by molar-refractivity contribution is 0.0831. The Morgan fingerprint density at radius 2 is 1.95 bits per heavy atom. The molecule has 2 heterocycles. The first kappa shape index (κ1) is 15.3. The van der Waals surface area contributed by atoms with Gasteiger partial charge >= 0.3 is 0 Å². The molecule has 1 aromatic rings. The van der Waals surface area contributed by atoms with Gasteiger partial charge in [-0.15, -0.1) is 0 Å². The molecule has 2 fully saturated rings. The second kappa shape index (κ2) is 7.09. The Hall–Kier alpha value is -1.62. The third-order valence-electron chi connectivity index (χ3n) is 4.89. The zero-order valence-corrected chi connectivity index (χ0v) is 13.0. The van der Waals surface area contributed by atoms with E-state index >= 15 is 0 Å². The summed E-state index contributed by atoms with van der Waals surface area (Å²) in [5, 5.41) is 3.08. The quantitative estimate of drug-likeness (QED) is 0.896. The van der Waals surface area contributed by atoms with Crippen molar-refractivity contribution < 1.29 is 4.79 Å². The van der Waals surface area contributed by atoms with Crippen LogP contribution in [0.4, 0.5) is 0 Å². The highest BCUT2D eigenvalue weighted by atomic mass is 16.2. The first-order valence-electron chi connectivity index (χ1n) is 8.46. The lowest BCUT2D eigenvalue weighted by Gasteiger charge is -2.40. The number of aromatic nitrogens is 1. The summed E-state index contributed by atoms with van der Waals surface area (Å²) in [5.74, 6) is -0.173. The summed E-state index contributed by atoms with van der Waals surface area (Å²) in [6, 6.07) is 5.57. The summed E-state index contributed by atoms with van der Waals surface area (Å²) in [6.45, 7) is 2.09. The van der Waals surface area contributed by atoms with Crippen LogP contribution < -0.4 is 10.9 Å². The predicted molar refractivity (Wildman–Crippen MR) is 86.0 cm³/mol. The molecular weight excluding hydrogens is 278 g/mol. The molecule has 1 saturated carbocycles. The molecule has 1 saturated heterocycles. The molecule has 1 aliphatic heterocycles. The summed E-state index contributed by atoms with van der Waals surface area (Å²) < 4.78 is 0. The number of nitrogens with one attached hydrogen (secondary N) is 2. The van der Waals surface area contributed by atoms with Crippen molar-refractivity contribution in [3.63, 3.8) is 0 Å². The normalized spacial score (nSPS) is 24.1. The third-order valence-corrected chi connectivity index (χ3v) is 4.89. The van der Waals surface area contributed by atoms with Crippen LogP contribution in [0, 0.1) is 0 Å². The van der Waals surface area contributed by atoms with E-state index < -0.39 is 0 Å². The second-order valence-electron chi connectivity index (χ2n) is 6.53. The van der Waals surface area contributed by atoms with Crippen LogP contribution >= 0.6 is 0 Å². The van der Waals surface area contributed by atoms with E-state index in [0.717, 1.165) is 25.9 Å². The number of aromatic amines is 1. The van der Waals surface area contributed by atoms with Crippen molar-refractivity contribution in [3.05, 3.63) is 34.2 Å². The van der Waals surface area contributed by atoms with Crippen molar-refractivity contribution in [3.8, 4) is 0 Å². The molecule has 2 N–H and O–H groups in total. The van der Waals surface area contributed by atoms with Gasteiger partial charge in [-0.25, -0.2) is 0 Å². The monoisotopic (exact) mass is 303 g/mol. The number of pyridine rings is 1. The molecule has 1 aliphatic carbocycles. The van der Waals surface area contributed by atoms with Gasteiger partial charge in [0.15, 0.2) is 0 Å². The minimum Gasteiger partial charge on any atom is -0.347 e. The second-order valence-corrected chi connectivity index (χ2v) is 6.53. The van der Waals surface area contributed by atoms with E-state index in [2.05, 4.69) is 15.2 Å². The maximum absolute atomic E-state index is 12.2. The number of hydrogen-bond donors (Lipinski definition) is 2. The Labute approximate surface area is 131 Å². The minimum atomic E-state index is -0.236. The number of piperidine rings is 1. The fraction of sp³-hybridized carbons (Fsp3) is 0.647. The molecule has 3 rings (SSSR count). The summed E-state index contributed by atoms with van der Waals surface area (Å²) in [4.78, 5) is 28.7. The largest absolute Gasteiger partial charge is 0.347 e. The van der Waals surface area contributed by atoms with Crippen LogP contribution in [0.5, 0.6) is 0 Å². The smallest absolute Gasteiger partial charge is 0.268 e. The van der Waals surface area contributed by atoms with Gasteiger partial charge in [-0.2, -0.15) is 0 Å². The molecule has 5 heteroatoms. The number of carbonyl (C=O) groups is 1. The zero-order valence-electron chi connectivity index (χ0n) is 13.0. The molecule has 0 aromatic carbocycles. The molecule has 5 nitrogen and oxygen atoms in total. The SMILES string of the molecule is O=C(N[C@H]1CCCN(C2CCCCC2)C1)c1cccc(=O)[nH]1. The van der Waals surface area contributed by atoms with Crippen LogP contribution in [0.2, 0.25) is 0 Å². The van der Waals surface area contributed by atoms with E-state index in [4.69, 9.17) is 0 Å². The fourth-order valence-electron chi connectivity index (χ4n) is 3.75. The van der Waals surface area contributed by atoms with Crippen molar-refractivity contribution in [2.24, 2.45) is 0 Å². The molecular formula is C17H25N3O2. The summed E-state index contributed by atoms with van der Waals surface area (Å²) in [6.07, 6.45) is 8.79. The maximum Gasteiger partial charge on any atom is 0.268 e. The molecule has 0 unspecified atom stereocenters. The average molecular weight is 303 g/mol. The van der Waals surface area contributed by atoms with E-state index in [1.54, 1.807) is 12.1 Å². The molecule has 0 radical (unpaired) electrons. The number of amides is 1. The highest BCUT2D eigenvalue weighted by Crippen LogP contribution is 2.25. The van der Waals surface area contributed by atoms with E-state index in [-0.39, 0.29) is 17.5 Å². The molecule has 1 aromatic heterocycles. The number of hydrogen-bond acceptors (Lipinski definition) is 3. The topological polar surface area (TPSA) is 65.2 Å². The van der Waals surface area contributed by atoms with Gasteiger partial charge in [-0.3, -0.25) is 14.5 Å². The van der Waals surface area contributed by atoms with Crippen LogP contribution in [-0.2, 0) is 0 Å². The van der Waals surface area contributed by atoms with Gasteiger partial charge < -0.3 is 10.3 Å². The molecule has 0 spiro atoms. The van der Waals surface area contributed by atoms with E-state index in [1.807, 2.05) is 0 Å². The predicted octanol–water partition coefficient (Wildman–Crippen LogP) is 1.90. The average Bonchev–Trinajstić information content (AvgIpc) is 2.56. The molecule has 22 heavy (non-hydrogen) atoms. The van der Waals surface area contributed by atoms with Crippen LogP contribution in [0.15, 0.2) is 23.0 Å². The maximum atomic E-state index is 12.2. The zero-order chi connectivity index (χ0) is 15.4. The molecule has 0 bridgehead atoms. The third kappa shape index (κ3) is 3.77. The lowest BCUT2D eigenvalue weighted by Crippen LogP contribution is -2.51. The number of rotatable bonds is 3. The van der Waals surface area contributed by atoms with Crippen molar-refractivity contribution in [2.45, 2.75) is 57.0 Å². The van der Waals surface area contributed by atoms with Crippen molar-refractivity contribution in [1.29, 1.82) is 0 Å². The molecule has 2 aliphatic rings. The Balaban J connectivity index is 1.57. The Kier molecular flexibility index (Phi) is 4.93. The van der Waals surface area contributed by atoms with Crippen molar-refractivity contribution in [1.82, 2.24) is 15.2 Å². The van der Waals surface area contributed by atoms with Crippen molar-refractivity contribution in [2.75, 3.05) is 13.1 Å². The number of H-pyrrole nitrogens is 1. The van der Waals surface area contributed by atoms with E-state index in [0.29, 0.717) is 11.7 Å². The van der Waals surface area contributed by atoms with Gasteiger partial charge in [-0.05, 0) is 38.3 Å².